The SMILES string of the molecule is C=Cc1ccc(CC[C@@H]2CC3C=CC2C3)cc1. The first-order valence-corrected chi connectivity index (χ1v) is 6.75. The smallest absolute Gasteiger partial charge is 0.0199 e. The van der Waals surface area contributed by atoms with Gasteiger partial charge in [0, 0.05) is 0 Å². The fourth-order valence-corrected chi connectivity index (χ4v) is 3.40. The predicted molar refractivity (Wildman–Crippen MR) is 73.7 cm³/mol. The fourth-order valence-electron chi connectivity index (χ4n) is 3.40. The minimum atomic E-state index is 0.896. The summed E-state index contributed by atoms with van der Waals surface area (Å²) in [6.07, 6.45) is 12.3. The van der Waals surface area contributed by atoms with Crippen LogP contribution in [0.2, 0.25) is 0 Å². The summed E-state index contributed by atoms with van der Waals surface area (Å²) in [5, 5.41) is 0. The van der Waals surface area contributed by atoms with Gasteiger partial charge in [0.1, 0.15) is 0 Å². The van der Waals surface area contributed by atoms with Crippen molar-refractivity contribution in [3.8, 4) is 0 Å². The standard InChI is InChI=1S/C17H20/c1-2-13-3-5-14(6-4-13)7-9-16-11-15-8-10-17(16)12-15/h2-6,8,10,15-17H,1,7,9,11-12H2/t15?,16-,17?/m1/s1. The van der Waals surface area contributed by atoms with Gasteiger partial charge in [-0.1, -0.05) is 49.1 Å². The van der Waals surface area contributed by atoms with E-state index in [1.807, 2.05) is 6.08 Å². The van der Waals surface area contributed by atoms with Crippen LogP contribution in [0.3, 0.4) is 0 Å². The summed E-state index contributed by atoms with van der Waals surface area (Å²) in [7, 11) is 0. The number of fused-ring (bicyclic) bond motifs is 2. The molecule has 2 aliphatic carbocycles. The van der Waals surface area contributed by atoms with Crippen LogP contribution in [-0.2, 0) is 6.42 Å². The van der Waals surface area contributed by atoms with Gasteiger partial charge in [-0.05, 0) is 54.6 Å². The topological polar surface area (TPSA) is 0 Å². The molecule has 1 saturated carbocycles. The summed E-state index contributed by atoms with van der Waals surface area (Å²) in [5.41, 5.74) is 2.69. The molecule has 2 unspecified atom stereocenters. The fraction of sp³-hybridized carbons (Fsp3) is 0.412. The molecule has 2 aliphatic rings. The second kappa shape index (κ2) is 4.52. The van der Waals surface area contributed by atoms with Gasteiger partial charge < -0.3 is 0 Å². The minimum Gasteiger partial charge on any atom is -0.0985 e. The average Bonchev–Trinajstić information content (AvgIpc) is 2.99. The highest BCUT2D eigenvalue weighted by Gasteiger charge is 2.34. The van der Waals surface area contributed by atoms with Gasteiger partial charge in [-0.25, -0.2) is 0 Å². The van der Waals surface area contributed by atoms with E-state index in [4.69, 9.17) is 0 Å². The van der Waals surface area contributed by atoms with Crippen molar-refractivity contribution in [3.63, 3.8) is 0 Å². The Kier molecular flexibility index (Phi) is 2.88. The van der Waals surface area contributed by atoms with Gasteiger partial charge in [-0.15, -0.1) is 0 Å². The van der Waals surface area contributed by atoms with Crippen molar-refractivity contribution in [2.24, 2.45) is 17.8 Å². The Morgan fingerprint density at radius 2 is 1.94 bits per heavy atom. The van der Waals surface area contributed by atoms with E-state index in [1.54, 1.807) is 0 Å². The molecule has 1 aromatic rings. The first-order chi connectivity index (χ1) is 8.35. The molecule has 17 heavy (non-hydrogen) atoms. The molecular weight excluding hydrogens is 204 g/mol. The predicted octanol–water partition coefficient (Wildman–Crippen LogP) is 4.47. The molecule has 0 aliphatic heterocycles. The number of hydrogen-bond acceptors (Lipinski definition) is 0. The lowest BCUT2D eigenvalue weighted by atomic mass is 9.88. The Morgan fingerprint density at radius 3 is 2.53 bits per heavy atom. The third kappa shape index (κ3) is 2.22. The molecule has 0 amide bonds. The van der Waals surface area contributed by atoms with Crippen molar-refractivity contribution in [1.82, 2.24) is 0 Å². The van der Waals surface area contributed by atoms with Crippen LogP contribution in [-0.4, -0.2) is 0 Å². The van der Waals surface area contributed by atoms with Gasteiger partial charge in [0.2, 0.25) is 0 Å². The van der Waals surface area contributed by atoms with E-state index in [2.05, 4.69) is 43.0 Å². The lowest BCUT2D eigenvalue weighted by Gasteiger charge is -2.17. The largest absolute Gasteiger partial charge is 0.0985 e. The lowest BCUT2D eigenvalue weighted by Crippen LogP contribution is -2.07. The summed E-state index contributed by atoms with van der Waals surface area (Å²) < 4.78 is 0. The number of rotatable bonds is 4. The van der Waals surface area contributed by atoms with E-state index in [9.17, 15) is 0 Å². The molecule has 2 bridgehead atoms. The second-order valence-corrected chi connectivity index (χ2v) is 5.52. The van der Waals surface area contributed by atoms with E-state index < -0.39 is 0 Å². The van der Waals surface area contributed by atoms with Gasteiger partial charge in [-0.3, -0.25) is 0 Å². The van der Waals surface area contributed by atoms with Gasteiger partial charge >= 0.3 is 0 Å². The number of allylic oxidation sites excluding steroid dienone is 2. The van der Waals surface area contributed by atoms with Crippen LogP contribution in [0.5, 0.6) is 0 Å². The number of hydrogen-bond donors (Lipinski definition) is 0. The van der Waals surface area contributed by atoms with Crippen LogP contribution in [0.15, 0.2) is 43.0 Å². The highest BCUT2D eigenvalue weighted by Crippen LogP contribution is 2.45. The number of benzene rings is 1. The Hall–Kier alpha value is -1.30. The molecule has 88 valence electrons. The summed E-state index contributed by atoms with van der Waals surface area (Å²) in [5.74, 6) is 2.75. The van der Waals surface area contributed by atoms with E-state index >= 15 is 0 Å². The summed E-state index contributed by atoms with van der Waals surface area (Å²) in [6, 6.07) is 8.84. The summed E-state index contributed by atoms with van der Waals surface area (Å²) >= 11 is 0. The van der Waals surface area contributed by atoms with Crippen molar-refractivity contribution in [1.29, 1.82) is 0 Å². The molecule has 0 heteroatoms. The maximum absolute atomic E-state index is 3.79. The Labute approximate surface area is 104 Å². The van der Waals surface area contributed by atoms with Gasteiger partial charge in [-0.2, -0.15) is 0 Å². The third-order valence-corrected chi connectivity index (χ3v) is 4.44. The molecule has 0 nitrogen and oxygen atoms in total. The molecular formula is C17H20. The van der Waals surface area contributed by atoms with Crippen molar-refractivity contribution in [2.75, 3.05) is 0 Å². The summed E-state index contributed by atoms with van der Waals surface area (Å²) in [6.45, 7) is 3.79. The van der Waals surface area contributed by atoms with Gasteiger partial charge in [0.05, 0.1) is 0 Å². The first kappa shape index (κ1) is 10.8. The monoisotopic (exact) mass is 224 g/mol. The van der Waals surface area contributed by atoms with Crippen LogP contribution in [0.4, 0.5) is 0 Å². The number of aryl methyl sites for hydroxylation is 1. The van der Waals surface area contributed by atoms with Crippen LogP contribution >= 0.6 is 0 Å². The van der Waals surface area contributed by atoms with Crippen molar-refractivity contribution in [3.05, 3.63) is 54.1 Å². The molecule has 0 spiro atoms. The van der Waals surface area contributed by atoms with E-state index in [0.29, 0.717) is 0 Å². The van der Waals surface area contributed by atoms with Gasteiger partial charge in [0.25, 0.3) is 0 Å². The molecule has 3 atom stereocenters. The maximum Gasteiger partial charge on any atom is -0.0199 e. The molecule has 0 saturated heterocycles. The second-order valence-electron chi connectivity index (χ2n) is 5.52. The van der Waals surface area contributed by atoms with Crippen molar-refractivity contribution >= 4 is 6.08 Å². The zero-order valence-electron chi connectivity index (χ0n) is 10.3. The van der Waals surface area contributed by atoms with Crippen molar-refractivity contribution in [2.45, 2.75) is 25.7 Å². The molecule has 1 fully saturated rings. The third-order valence-electron chi connectivity index (χ3n) is 4.44. The molecule has 0 N–H and O–H groups in total. The van der Waals surface area contributed by atoms with Crippen molar-refractivity contribution < 1.29 is 0 Å². The maximum atomic E-state index is 3.79. The Bertz CT molecular complexity index is 424. The Balaban J connectivity index is 1.57. The summed E-state index contributed by atoms with van der Waals surface area (Å²) in [4.78, 5) is 0. The lowest BCUT2D eigenvalue weighted by molar-refractivity contribution is 0.416. The molecule has 0 aromatic heterocycles. The average molecular weight is 224 g/mol. The first-order valence-electron chi connectivity index (χ1n) is 6.75. The quantitative estimate of drug-likeness (QED) is 0.662. The highest BCUT2D eigenvalue weighted by molar-refractivity contribution is 5.47. The van der Waals surface area contributed by atoms with E-state index in [1.165, 1.54) is 36.8 Å². The molecule has 1 aromatic carbocycles. The molecule has 3 rings (SSSR count). The van der Waals surface area contributed by atoms with E-state index in [0.717, 1.165) is 17.8 Å². The Morgan fingerprint density at radius 1 is 1.12 bits per heavy atom. The minimum absolute atomic E-state index is 0.896. The molecule has 0 heterocycles. The highest BCUT2D eigenvalue weighted by atomic mass is 14.4. The zero-order valence-corrected chi connectivity index (χ0v) is 10.3. The zero-order chi connectivity index (χ0) is 11.7. The van der Waals surface area contributed by atoms with Crippen LogP contribution < -0.4 is 0 Å². The van der Waals surface area contributed by atoms with Crippen LogP contribution in [0, 0.1) is 17.8 Å². The van der Waals surface area contributed by atoms with Gasteiger partial charge in [0.15, 0.2) is 0 Å². The molecule has 0 radical (unpaired) electrons. The van der Waals surface area contributed by atoms with Crippen LogP contribution in [0.1, 0.15) is 30.4 Å². The van der Waals surface area contributed by atoms with Crippen LogP contribution in [0.25, 0.3) is 6.08 Å². The normalized spacial score (nSPS) is 29.8. The van der Waals surface area contributed by atoms with E-state index in [-0.39, 0.29) is 0 Å².